The molecular weight excluding hydrogens is 189 g/mol. The standard InChI is InChI=1S/C10H11ClFN/c11-7-4-5-9(12)10(6-7)13-8-2-1-3-8/h4-6,8,13H,1-3H2. The van der Waals surface area contributed by atoms with Gasteiger partial charge in [-0.2, -0.15) is 0 Å². The lowest BCUT2D eigenvalue weighted by atomic mass is 9.93. The zero-order valence-electron chi connectivity index (χ0n) is 7.19. The fourth-order valence-electron chi connectivity index (χ4n) is 1.38. The quantitative estimate of drug-likeness (QED) is 0.770. The molecule has 1 aliphatic carbocycles. The van der Waals surface area contributed by atoms with Gasteiger partial charge in [0.1, 0.15) is 5.82 Å². The third kappa shape index (κ3) is 1.94. The summed E-state index contributed by atoms with van der Waals surface area (Å²) in [7, 11) is 0. The van der Waals surface area contributed by atoms with Crippen LogP contribution in [0.3, 0.4) is 0 Å². The molecule has 0 unspecified atom stereocenters. The van der Waals surface area contributed by atoms with Crippen LogP contribution in [-0.2, 0) is 0 Å². The molecule has 0 spiro atoms. The van der Waals surface area contributed by atoms with Crippen molar-refractivity contribution in [2.24, 2.45) is 0 Å². The van der Waals surface area contributed by atoms with Crippen LogP contribution in [0, 0.1) is 5.82 Å². The van der Waals surface area contributed by atoms with Crippen LogP contribution in [0.1, 0.15) is 19.3 Å². The maximum absolute atomic E-state index is 13.2. The van der Waals surface area contributed by atoms with Gasteiger partial charge in [0.25, 0.3) is 0 Å². The molecule has 3 heteroatoms. The SMILES string of the molecule is Fc1ccc(Cl)cc1NC1CCC1. The minimum atomic E-state index is -0.226. The topological polar surface area (TPSA) is 12.0 Å². The monoisotopic (exact) mass is 199 g/mol. The first kappa shape index (κ1) is 8.82. The smallest absolute Gasteiger partial charge is 0.146 e. The van der Waals surface area contributed by atoms with E-state index in [0.29, 0.717) is 16.8 Å². The molecule has 1 aromatic rings. The van der Waals surface area contributed by atoms with Crippen molar-refractivity contribution < 1.29 is 4.39 Å². The van der Waals surface area contributed by atoms with Crippen LogP contribution in [0.15, 0.2) is 18.2 Å². The lowest BCUT2D eigenvalue weighted by Crippen LogP contribution is -2.27. The van der Waals surface area contributed by atoms with E-state index < -0.39 is 0 Å². The Hall–Kier alpha value is -0.760. The first-order valence-corrected chi connectivity index (χ1v) is 4.85. The molecule has 0 radical (unpaired) electrons. The van der Waals surface area contributed by atoms with E-state index in [9.17, 15) is 4.39 Å². The summed E-state index contributed by atoms with van der Waals surface area (Å²) >= 11 is 5.75. The molecule has 2 rings (SSSR count). The van der Waals surface area contributed by atoms with Crippen LogP contribution >= 0.6 is 11.6 Å². The second-order valence-corrected chi connectivity index (χ2v) is 3.83. The Balaban J connectivity index is 2.13. The lowest BCUT2D eigenvalue weighted by molar-refractivity contribution is 0.443. The summed E-state index contributed by atoms with van der Waals surface area (Å²) in [6, 6.07) is 5.02. The van der Waals surface area contributed by atoms with Gasteiger partial charge < -0.3 is 5.32 Å². The first-order chi connectivity index (χ1) is 6.25. The zero-order valence-corrected chi connectivity index (χ0v) is 7.94. The Morgan fingerprint density at radius 3 is 2.77 bits per heavy atom. The van der Waals surface area contributed by atoms with Crippen molar-refractivity contribution in [2.75, 3.05) is 5.32 Å². The van der Waals surface area contributed by atoms with Crippen molar-refractivity contribution in [3.8, 4) is 0 Å². The molecule has 0 saturated heterocycles. The highest BCUT2D eigenvalue weighted by atomic mass is 35.5. The third-order valence-electron chi connectivity index (χ3n) is 2.39. The average Bonchev–Trinajstić information content (AvgIpc) is 2.03. The number of rotatable bonds is 2. The Morgan fingerprint density at radius 1 is 1.38 bits per heavy atom. The average molecular weight is 200 g/mol. The number of hydrogen-bond acceptors (Lipinski definition) is 1. The van der Waals surface area contributed by atoms with Gasteiger partial charge in [-0.15, -0.1) is 0 Å². The van der Waals surface area contributed by atoms with Crippen LogP contribution in [0.25, 0.3) is 0 Å². The summed E-state index contributed by atoms with van der Waals surface area (Å²) in [5.74, 6) is -0.226. The molecule has 1 nitrogen and oxygen atoms in total. The molecular formula is C10H11ClFN. The van der Waals surface area contributed by atoms with Gasteiger partial charge in [0.2, 0.25) is 0 Å². The Morgan fingerprint density at radius 2 is 2.15 bits per heavy atom. The molecule has 0 bridgehead atoms. The number of hydrogen-bond donors (Lipinski definition) is 1. The summed E-state index contributed by atoms with van der Waals surface area (Å²) in [6.45, 7) is 0. The molecule has 0 aromatic heterocycles. The van der Waals surface area contributed by atoms with E-state index in [1.807, 2.05) is 0 Å². The number of nitrogens with one attached hydrogen (secondary N) is 1. The molecule has 0 atom stereocenters. The lowest BCUT2D eigenvalue weighted by Gasteiger charge is -2.27. The molecule has 0 amide bonds. The molecule has 0 aliphatic heterocycles. The summed E-state index contributed by atoms with van der Waals surface area (Å²) in [6.07, 6.45) is 3.50. The minimum Gasteiger partial charge on any atom is -0.380 e. The Bertz CT molecular complexity index is 310. The van der Waals surface area contributed by atoms with Gasteiger partial charge in [-0.05, 0) is 37.5 Å². The molecule has 1 aromatic carbocycles. The van der Waals surface area contributed by atoms with Crippen LogP contribution in [0.4, 0.5) is 10.1 Å². The van der Waals surface area contributed by atoms with E-state index in [2.05, 4.69) is 5.32 Å². The molecule has 70 valence electrons. The van der Waals surface area contributed by atoms with Gasteiger partial charge in [-0.1, -0.05) is 11.6 Å². The van der Waals surface area contributed by atoms with Crippen molar-refractivity contribution in [2.45, 2.75) is 25.3 Å². The second-order valence-electron chi connectivity index (χ2n) is 3.40. The molecule has 1 fully saturated rings. The van der Waals surface area contributed by atoms with Crippen LogP contribution < -0.4 is 5.32 Å². The molecule has 1 saturated carbocycles. The fraction of sp³-hybridized carbons (Fsp3) is 0.400. The maximum Gasteiger partial charge on any atom is 0.146 e. The number of anilines is 1. The van der Waals surface area contributed by atoms with Crippen molar-refractivity contribution >= 4 is 17.3 Å². The Kier molecular flexibility index (Phi) is 2.40. The summed E-state index contributed by atoms with van der Waals surface area (Å²) < 4.78 is 13.2. The van der Waals surface area contributed by atoms with Crippen molar-refractivity contribution in [3.05, 3.63) is 29.0 Å². The summed E-state index contributed by atoms with van der Waals surface area (Å²) in [4.78, 5) is 0. The van der Waals surface area contributed by atoms with Crippen molar-refractivity contribution in [1.82, 2.24) is 0 Å². The summed E-state index contributed by atoms with van der Waals surface area (Å²) in [5.41, 5.74) is 0.525. The number of halogens is 2. The summed E-state index contributed by atoms with van der Waals surface area (Å²) in [5, 5.41) is 3.70. The predicted octanol–water partition coefficient (Wildman–Crippen LogP) is 3.44. The third-order valence-corrected chi connectivity index (χ3v) is 2.63. The van der Waals surface area contributed by atoms with Crippen molar-refractivity contribution in [1.29, 1.82) is 0 Å². The van der Waals surface area contributed by atoms with E-state index in [0.717, 1.165) is 12.8 Å². The van der Waals surface area contributed by atoms with Crippen LogP contribution in [-0.4, -0.2) is 6.04 Å². The molecule has 0 heterocycles. The van der Waals surface area contributed by atoms with Gasteiger partial charge in [0.15, 0.2) is 0 Å². The van der Waals surface area contributed by atoms with Gasteiger partial charge in [0, 0.05) is 11.1 Å². The first-order valence-electron chi connectivity index (χ1n) is 4.47. The van der Waals surface area contributed by atoms with Gasteiger partial charge in [-0.25, -0.2) is 4.39 Å². The maximum atomic E-state index is 13.2. The minimum absolute atomic E-state index is 0.226. The van der Waals surface area contributed by atoms with Gasteiger partial charge in [-0.3, -0.25) is 0 Å². The fourth-order valence-corrected chi connectivity index (χ4v) is 1.55. The van der Waals surface area contributed by atoms with Gasteiger partial charge >= 0.3 is 0 Å². The van der Waals surface area contributed by atoms with E-state index in [1.54, 1.807) is 12.1 Å². The van der Waals surface area contributed by atoms with E-state index in [1.165, 1.54) is 12.5 Å². The van der Waals surface area contributed by atoms with Crippen LogP contribution in [0.5, 0.6) is 0 Å². The molecule has 1 aliphatic rings. The Labute approximate surface area is 81.9 Å². The highest BCUT2D eigenvalue weighted by Gasteiger charge is 2.18. The van der Waals surface area contributed by atoms with Crippen LogP contribution in [0.2, 0.25) is 5.02 Å². The number of benzene rings is 1. The van der Waals surface area contributed by atoms with Gasteiger partial charge in [0.05, 0.1) is 5.69 Å². The van der Waals surface area contributed by atoms with E-state index in [-0.39, 0.29) is 5.82 Å². The highest BCUT2D eigenvalue weighted by Crippen LogP contribution is 2.26. The largest absolute Gasteiger partial charge is 0.380 e. The molecule has 1 N–H and O–H groups in total. The zero-order chi connectivity index (χ0) is 9.26. The normalized spacial score (nSPS) is 16.8. The highest BCUT2D eigenvalue weighted by molar-refractivity contribution is 6.30. The van der Waals surface area contributed by atoms with E-state index >= 15 is 0 Å². The predicted molar refractivity (Wildman–Crippen MR) is 52.7 cm³/mol. The van der Waals surface area contributed by atoms with Crippen molar-refractivity contribution in [3.63, 3.8) is 0 Å². The van der Waals surface area contributed by atoms with E-state index in [4.69, 9.17) is 11.6 Å². The second kappa shape index (κ2) is 3.54. The molecule has 13 heavy (non-hydrogen) atoms.